The minimum absolute atomic E-state index is 0.875. The van der Waals surface area contributed by atoms with E-state index in [4.69, 9.17) is 0 Å². The van der Waals surface area contributed by atoms with E-state index < -0.39 is 0 Å². The van der Waals surface area contributed by atoms with Crippen LogP contribution in [0.3, 0.4) is 0 Å². The molecule has 20 heavy (non-hydrogen) atoms. The SMILES string of the molecule is Cc1sc2ncnc(NCCCn3cccn3)c2c1C. The van der Waals surface area contributed by atoms with Gasteiger partial charge in [0.1, 0.15) is 17.0 Å². The Morgan fingerprint density at radius 1 is 1.30 bits per heavy atom. The van der Waals surface area contributed by atoms with E-state index in [-0.39, 0.29) is 0 Å². The normalized spacial score (nSPS) is 11.1. The Kier molecular flexibility index (Phi) is 3.64. The van der Waals surface area contributed by atoms with E-state index >= 15 is 0 Å². The van der Waals surface area contributed by atoms with Gasteiger partial charge in [-0.1, -0.05) is 0 Å². The Hall–Kier alpha value is -1.95. The molecule has 0 aliphatic rings. The number of nitrogens with zero attached hydrogens (tertiary/aromatic N) is 4. The summed E-state index contributed by atoms with van der Waals surface area (Å²) in [5.74, 6) is 0.942. The second kappa shape index (κ2) is 5.58. The largest absolute Gasteiger partial charge is 0.369 e. The Balaban J connectivity index is 1.68. The van der Waals surface area contributed by atoms with Gasteiger partial charge in [0.25, 0.3) is 0 Å². The molecule has 3 aromatic heterocycles. The van der Waals surface area contributed by atoms with Crippen LogP contribution in [-0.4, -0.2) is 26.3 Å². The molecule has 3 heterocycles. The van der Waals surface area contributed by atoms with Crippen LogP contribution < -0.4 is 5.32 Å². The summed E-state index contributed by atoms with van der Waals surface area (Å²) >= 11 is 1.72. The average Bonchev–Trinajstić information content (AvgIpc) is 3.05. The van der Waals surface area contributed by atoms with Crippen LogP contribution in [0.4, 0.5) is 5.82 Å². The number of thiophene rings is 1. The fourth-order valence-electron chi connectivity index (χ4n) is 2.20. The zero-order valence-corrected chi connectivity index (χ0v) is 12.4. The molecule has 0 atom stereocenters. The first-order chi connectivity index (χ1) is 9.75. The van der Waals surface area contributed by atoms with Crippen molar-refractivity contribution in [2.75, 3.05) is 11.9 Å². The predicted molar refractivity (Wildman–Crippen MR) is 82.2 cm³/mol. The van der Waals surface area contributed by atoms with Gasteiger partial charge < -0.3 is 5.32 Å². The van der Waals surface area contributed by atoms with Gasteiger partial charge in [0.05, 0.1) is 5.39 Å². The third-order valence-electron chi connectivity index (χ3n) is 3.38. The molecule has 0 saturated heterocycles. The lowest BCUT2D eigenvalue weighted by atomic mass is 10.2. The van der Waals surface area contributed by atoms with Crippen molar-refractivity contribution in [3.8, 4) is 0 Å². The van der Waals surface area contributed by atoms with E-state index in [0.717, 1.165) is 35.5 Å². The Morgan fingerprint density at radius 2 is 2.20 bits per heavy atom. The van der Waals surface area contributed by atoms with Gasteiger partial charge in [-0.2, -0.15) is 5.10 Å². The van der Waals surface area contributed by atoms with Crippen molar-refractivity contribution in [1.29, 1.82) is 0 Å². The van der Waals surface area contributed by atoms with Gasteiger partial charge in [0.2, 0.25) is 0 Å². The molecular formula is C14H17N5S. The molecule has 6 heteroatoms. The maximum absolute atomic E-state index is 4.38. The zero-order chi connectivity index (χ0) is 13.9. The van der Waals surface area contributed by atoms with Crippen molar-refractivity contribution in [2.45, 2.75) is 26.8 Å². The first-order valence-electron chi connectivity index (χ1n) is 6.67. The predicted octanol–water partition coefficient (Wildman–Crippen LogP) is 3.01. The highest BCUT2D eigenvalue weighted by Crippen LogP contribution is 2.32. The van der Waals surface area contributed by atoms with E-state index in [1.165, 1.54) is 10.4 Å². The third kappa shape index (κ3) is 2.51. The van der Waals surface area contributed by atoms with E-state index in [1.54, 1.807) is 23.9 Å². The lowest BCUT2D eigenvalue weighted by Crippen LogP contribution is -2.08. The van der Waals surface area contributed by atoms with Crippen LogP contribution in [0.5, 0.6) is 0 Å². The highest BCUT2D eigenvalue weighted by Gasteiger charge is 2.11. The lowest BCUT2D eigenvalue weighted by molar-refractivity contribution is 0.591. The quantitative estimate of drug-likeness (QED) is 0.733. The van der Waals surface area contributed by atoms with Crippen LogP contribution in [0.25, 0.3) is 10.2 Å². The molecule has 0 unspecified atom stereocenters. The van der Waals surface area contributed by atoms with Crippen LogP contribution >= 0.6 is 11.3 Å². The highest BCUT2D eigenvalue weighted by molar-refractivity contribution is 7.18. The number of hydrogen-bond acceptors (Lipinski definition) is 5. The Labute approximate surface area is 121 Å². The summed E-state index contributed by atoms with van der Waals surface area (Å²) < 4.78 is 1.94. The molecule has 104 valence electrons. The fraction of sp³-hybridized carbons (Fsp3) is 0.357. The van der Waals surface area contributed by atoms with Crippen LogP contribution in [0.2, 0.25) is 0 Å². The molecule has 0 spiro atoms. The summed E-state index contributed by atoms with van der Waals surface area (Å²) in [6.07, 6.45) is 6.43. The van der Waals surface area contributed by atoms with Gasteiger partial charge in [0, 0.05) is 30.4 Å². The lowest BCUT2D eigenvalue weighted by Gasteiger charge is -2.07. The van der Waals surface area contributed by atoms with Gasteiger partial charge >= 0.3 is 0 Å². The summed E-state index contributed by atoms with van der Waals surface area (Å²) in [6.45, 7) is 6.05. The average molecular weight is 287 g/mol. The number of fused-ring (bicyclic) bond motifs is 1. The molecule has 0 saturated carbocycles. The van der Waals surface area contributed by atoms with Crippen LogP contribution in [0, 0.1) is 13.8 Å². The molecule has 0 fully saturated rings. The van der Waals surface area contributed by atoms with E-state index in [1.807, 2.05) is 16.9 Å². The number of anilines is 1. The van der Waals surface area contributed by atoms with Crippen molar-refractivity contribution < 1.29 is 0 Å². The Morgan fingerprint density at radius 3 is 3.00 bits per heavy atom. The summed E-state index contributed by atoms with van der Waals surface area (Å²) in [5.41, 5.74) is 1.28. The molecule has 0 bridgehead atoms. The minimum atomic E-state index is 0.875. The number of aryl methyl sites for hydroxylation is 3. The number of rotatable bonds is 5. The van der Waals surface area contributed by atoms with Crippen molar-refractivity contribution in [3.05, 3.63) is 35.2 Å². The zero-order valence-electron chi connectivity index (χ0n) is 11.6. The van der Waals surface area contributed by atoms with E-state index in [9.17, 15) is 0 Å². The van der Waals surface area contributed by atoms with Crippen molar-refractivity contribution in [1.82, 2.24) is 19.7 Å². The minimum Gasteiger partial charge on any atom is -0.369 e. The first kappa shape index (κ1) is 13.1. The molecule has 0 aliphatic heterocycles. The van der Waals surface area contributed by atoms with Crippen LogP contribution in [0.1, 0.15) is 16.9 Å². The summed E-state index contributed by atoms with van der Waals surface area (Å²) in [5, 5.41) is 8.77. The number of hydrogen-bond donors (Lipinski definition) is 1. The molecular weight excluding hydrogens is 270 g/mol. The smallest absolute Gasteiger partial charge is 0.138 e. The van der Waals surface area contributed by atoms with Crippen LogP contribution in [-0.2, 0) is 6.54 Å². The summed E-state index contributed by atoms with van der Waals surface area (Å²) in [6, 6.07) is 1.94. The fourth-order valence-corrected chi connectivity index (χ4v) is 3.19. The van der Waals surface area contributed by atoms with Gasteiger partial charge in [-0.25, -0.2) is 9.97 Å². The molecule has 5 nitrogen and oxygen atoms in total. The Bertz CT molecular complexity index is 702. The van der Waals surface area contributed by atoms with Gasteiger partial charge in [-0.3, -0.25) is 4.68 Å². The monoisotopic (exact) mass is 287 g/mol. The maximum atomic E-state index is 4.38. The second-order valence-electron chi connectivity index (χ2n) is 4.74. The second-order valence-corrected chi connectivity index (χ2v) is 5.94. The van der Waals surface area contributed by atoms with E-state index in [2.05, 4.69) is 34.2 Å². The standard InChI is InChI=1S/C14H17N5S/c1-10-11(2)20-14-12(10)13(16-9-17-14)15-5-3-7-19-8-4-6-18-19/h4,6,8-9H,3,5,7H2,1-2H3,(H,15,16,17). The maximum Gasteiger partial charge on any atom is 0.138 e. The van der Waals surface area contributed by atoms with Gasteiger partial charge in [0.15, 0.2) is 0 Å². The highest BCUT2D eigenvalue weighted by atomic mass is 32.1. The number of aromatic nitrogens is 4. The molecule has 0 aliphatic carbocycles. The summed E-state index contributed by atoms with van der Waals surface area (Å²) in [4.78, 5) is 11.1. The third-order valence-corrected chi connectivity index (χ3v) is 4.50. The van der Waals surface area contributed by atoms with E-state index in [0.29, 0.717) is 0 Å². The van der Waals surface area contributed by atoms with Crippen LogP contribution in [0.15, 0.2) is 24.8 Å². The molecule has 3 rings (SSSR count). The number of nitrogens with one attached hydrogen (secondary N) is 1. The van der Waals surface area contributed by atoms with Crippen molar-refractivity contribution >= 4 is 27.4 Å². The molecule has 0 radical (unpaired) electrons. The van der Waals surface area contributed by atoms with Crippen molar-refractivity contribution in [2.24, 2.45) is 0 Å². The topological polar surface area (TPSA) is 55.6 Å². The molecule has 0 aromatic carbocycles. The van der Waals surface area contributed by atoms with Gasteiger partial charge in [-0.05, 0) is 31.9 Å². The molecule has 3 aromatic rings. The molecule has 0 amide bonds. The first-order valence-corrected chi connectivity index (χ1v) is 7.49. The summed E-state index contributed by atoms with van der Waals surface area (Å²) in [7, 11) is 0. The molecule has 1 N–H and O–H groups in total. The van der Waals surface area contributed by atoms with Crippen molar-refractivity contribution in [3.63, 3.8) is 0 Å². The van der Waals surface area contributed by atoms with Gasteiger partial charge in [-0.15, -0.1) is 11.3 Å².